The van der Waals surface area contributed by atoms with E-state index in [0.717, 1.165) is 0 Å². The zero-order valence-electron chi connectivity index (χ0n) is 73.1. The van der Waals surface area contributed by atoms with Crippen LogP contribution < -0.4 is 53.6 Å². The number of hydrogen-bond acceptors (Lipinski definition) is 25. The first kappa shape index (κ1) is 102. The second kappa shape index (κ2) is 49.1. The summed E-state index contributed by atoms with van der Waals surface area (Å²) < 4.78 is 0. The van der Waals surface area contributed by atoms with Crippen LogP contribution in [0.1, 0.15) is 108 Å². The molecule has 42 heteroatoms. The fraction of sp³-hybridized carbons (Fsp3) is 0.552. The lowest BCUT2D eigenvalue weighted by molar-refractivity contribution is -0.143. The summed E-state index contributed by atoms with van der Waals surface area (Å²) in [5, 5.41) is 76.5. The number of nitrogens with zero attached hydrogens (tertiary/aromatic N) is 5. The molecule has 0 radical (unpaired) electrons. The van der Waals surface area contributed by atoms with Gasteiger partial charge in [0, 0.05) is 159 Å². The molecule has 4 aliphatic heterocycles. The predicted molar refractivity (Wildman–Crippen MR) is 480 cm³/mol. The summed E-state index contributed by atoms with van der Waals surface area (Å²) in [6.45, 7) is 7.63. The quantitative estimate of drug-likeness (QED) is 0.0442. The second-order valence-electron chi connectivity index (χ2n) is 33.8. The van der Waals surface area contributed by atoms with Gasteiger partial charge >= 0.3 is 23.9 Å². The summed E-state index contributed by atoms with van der Waals surface area (Å²) in [6.07, 6.45) is -0.452. The van der Waals surface area contributed by atoms with Gasteiger partial charge in [0.2, 0.25) is 65.0 Å². The number of nitrogens with one attached hydrogen (secondary N) is 11. The molecule has 4 aliphatic rings. The maximum atomic E-state index is 15.5. The molecule has 11 amide bonds. The third kappa shape index (κ3) is 30.8. The maximum absolute atomic E-state index is 15.5. The summed E-state index contributed by atoms with van der Waals surface area (Å²) >= 11 is 3.64. The highest BCUT2D eigenvalue weighted by molar-refractivity contribution is 7.99. The summed E-state index contributed by atoms with van der Waals surface area (Å²) in [7, 11) is 0. The van der Waals surface area contributed by atoms with Crippen molar-refractivity contribution >= 4 is 158 Å². The number of benzene rings is 3. The minimum Gasteiger partial charge on any atom is -0.481 e. The van der Waals surface area contributed by atoms with Crippen molar-refractivity contribution in [2.75, 3.05) is 109 Å². The Balaban J connectivity index is 1.08. The number of carbonyl (C=O) groups is 17. The highest BCUT2D eigenvalue weighted by Crippen LogP contribution is 2.29. The van der Waals surface area contributed by atoms with Crippen LogP contribution in [0.3, 0.4) is 0 Å². The van der Waals surface area contributed by atoms with Crippen molar-refractivity contribution in [3.05, 3.63) is 107 Å². The molecule has 129 heavy (non-hydrogen) atoms. The lowest BCUT2D eigenvalue weighted by Crippen LogP contribution is -2.61. The molecule has 5 aromatic rings. The summed E-state index contributed by atoms with van der Waals surface area (Å²) in [5.74, 6) is -20.1. The number of Topliss-reactive ketones (excluding diaryl/α,β-unsaturated/α-hetero) is 2. The smallest absolute Gasteiger partial charge is 0.317 e. The number of primary amides is 1. The van der Waals surface area contributed by atoms with Crippen LogP contribution in [0.2, 0.25) is 0 Å². The van der Waals surface area contributed by atoms with Gasteiger partial charge < -0.3 is 94.0 Å². The molecule has 39 nitrogen and oxygen atoms in total. The van der Waals surface area contributed by atoms with Crippen LogP contribution in [0.25, 0.3) is 21.8 Å². The van der Waals surface area contributed by atoms with Gasteiger partial charge in [0.05, 0.1) is 51.2 Å². The number of rotatable bonds is 21. The number of carboxylic acid groups (broad SMARTS) is 4. The number of fused-ring (bicyclic) bond motifs is 8. The first-order valence-corrected chi connectivity index (χ1v) is 46.6. The number of ketones is 2. The van der Waals surface area contributed by atoms with Crippen LogP contribution in [0.5, 0.6) is 0 Å². The Labute approximate surface area is 758 Å². The van der Waals surface area contributed by atoms with Crippen LogP contribution in [-0.2, 0) is 112 Å². The Morgan fingerprint density at radius 2 is 0.938 bits per heavy atom. The number of nitrogens with two attached hydrogens (primary N) is 1. The molecule has 4 bridgehead atoms. The molecule has 12 atom stereocenters. The van der Waals surface area contributed by atoms with E-state index in [0.29, 0.717) is 56.0 Å². The van der Waals surface area contributed by atoms with Gasteiger partial charge in [0.1, 0.15) is 60.2 Å². The number of carboxylic acids is 4. The molecular formula is C87H119N17O22S3. The molecule has 2 fully saturated rings. The van der Waals surface area contributed by atoms with Gasteiger partial charge in [-0.15, -0.1) is 0 Å². The normalized spacial score (nSPS) is 24.6. The number of H-pyrrole nitrogens is 2. The third-order valence-corrected chi connectivity index (χ3v) is 26.4. The number of aliphatic hydroxyl groups is 1. The fourth-order valence-corrected chi connectivity index (χ4v) is 19.1. The third-order valence-electron chi connectivity index (χ3n) is 23.0. The summed E-state index contributed by atoms with van der Waals surface area (Å²) in [4.78, 5) is 254. The van der Waals surface area contributed by atoms with Crippen LogP contribution in [-0.4, -0.2) is 330 Å². The first-order valence-electron chi connectivity index (χ1n) is 43.1. The molecule has 2 aromatic heterocycles. The molecule has 0 saturated carbocycles. The molecule has 9 rings (SSSR count). The van der Waals surface area contributed by atoms with E-state index in [2.05, 4.69) is 57.8 Å². The summed E-state index contributed by atoms with van der Waals surface area (Å²) in [5.41, 5.74) is 10.4. The second-order valence-corrected chi connectivity index (χ2v) is 36.9. The number of amides is 11. The Bertz CT molecular complexity index is 4840. The van der Waals surface area contributed by atoms with E-state index in [4.69, 9.17) is 5.73 Å². The van der Waals surface area contributed by atoms with Gasteiger partial charge in [-0.3, -0.25) is 101 Å². The van der Waals surface area contributed by atoms with Crippen molar-refractivity contribution in [2.45, 2.75) is 171 Å². The fourth-order valence-electron chi connectivity index (χ4n) is 16.0. The molecule has 702 valence electrons. The van der Waals surface area contributed by atoms with E-state index in [1.165, 1.54) is 47.1 Å². The van der Waals surface area contributed by atoms with Crippen LogP contribution in [0, 0.1) is 23.7 Å². The molecule has 0 spiro atoms. The standard InChI is InChI=1S/C87H119N17O22S3/c1-7-54-33-69(107)77(50(6)105)99-80(119)57(30-58(106)38-100-19-21-101(39-72(111)112)23-25-103(41-74(115)116)26-24-102(22-20-100)40-73(113)114)45-127-42-51-27-52-29-53(28-51)44-129-47-67(96-79(54)118)84(123)93-64(32-56-36-90-62-16-11-9-14-60(56)62)83(122)97-75(48(2)3)86(125)94-65(34-71(109)110)81(120)91-37-70(108)92-63(31-55-35-89-61-15-10-8-13-59(55)61)82(121)98-76(49(4)5)87(126)104-18-12-17-68(104)85(124)95-66(78(88)117)46-128-43-52/h8-11,13-16,27-29,35-36,48-50,54,57,63-68,75-77,89-90,105H,7,12,17-26,30-34,37-47H2,1-6H3,(H2,88,117)(H,91,120)(H,92,108)(H,93,123)(H,94,125)(H,95,124)(H,96,118)(H,97,122)(H,98,121)(H,99,119)(H,109,110)(H,111,112)(H,113,114)(H,115,116)/t50-,54-,57+,63+,64+,65+,66+,67+,68+,75+,76+,77+/m1/s1. The molecule has 3 aromatic carbocycles. The number of aromatic nitrogens is 2. The van der Waals surface area contributed by atoms with Crippen molar-refractivity contribution in [1.82, 2.24) is 82.3 Å². The van der Waals surface area contributed by atoms with Crippen LogP contribution in [0.15, 0.2) is 79.1 Å². The van der Waals surface area contributed by atoms with E-state index < -0.39 is 223 Å². The topological polar surface area (TPSA) is 573 Å². The van der Waals surface area contributed by atoms with E-state index in [-0.39, 0.29) is 132 Å². The summed E-state index contributed by atoms with van der Waals surface area (Å²) in [6, 6.07) is 6.23. The number of hydrogen-bond donors (Lipinski definition) is 17. The van der Waals surface area contributed by atoms with Crippen molar-refractivity contribution in [3.63, 3.8) is 0 Å². The number of para-hydroxylation sites is 2. The Morgan fingerprint density at radius 3 is 1.43 bits per heavy atom. The minimum atomic E-state index is -1.91. The van der Waals surface area contributed by atoms with E-state index >= 15 is 19.2 Å². The van der Waals surface area contributed by atoms with Gasteiger partial charge in [-0.2, -0.15) is 35.3 Å². The first-order chi connectivity index (χ1) is 61.4. The molecule has 0 aliphatic carbocycles. The maximum Gasteiger partial charge on any atom is 0.317 e. The lowest BCUT2D eigenvalue weighted by atomic mass is 9.92. The zero-order chi connectivity index (χ0) is 93.9. The average molecular weight is 1850 g/mol. The minimum absolute atomic E-state index is 0.0453. The SMILES string of the molecule is CC[C@@H]1CC(=O)[C@H]([C@@H](C)O)NC(=O)[C@@H](CC(=O)CN2CCN(CC(=O)O)CCN(CC(=O)O)CCN(CC(=O)O)CC2)CSCc2cc3cc(c2)CSC[C@H](NC1=O)C(=O)N[C@@H](Cc1c[nH]c2ccccc12)C(=O)N[C@@H](C(C)C)C(=O)N[C@@H](CC(=O)O)C(=O)NCC(=O)N[C@@H](Cc1c[nH]c2ccccc12)C(=O)N[C@@H](C(C)C)C(=O)N1CCC[C@H]1C(=O)N[C@H](C(N)=O)CSC3. The van der Waals surface area contributed by atoms with Gasteiger partial charge in [-0.25, -0.2) is 0 Å². The molecule has 6 heterocycles. The van der Waals surface area contributed by atoms with Crippen molar-refractivity contribution in [1.29, 1.82) is 0 Å². The van der Waals surface area contributed by atoms with E-state index in [1.807, 2.05) is 18.2 Å². The largest absolute Gasteiger partial charge is 0.481 e. The average Bonchev–Trinajstić information content (AvgIpc) is 1.70. The Kier molecular flexibility index (Phi) is 38.7. The number of aliphatic carboxylic acids is 4. The molecular weight excluding hydrogens is 1730 g/mol. The Morgan fingerprint density at radius 1 is 0.473 bits per heavy atom. The van der Waals surface area contributed by atoms with Gasteiger partial charge in [0.15, 0.2) is 5.78 Å². The van der Waals surface area contributed by atoms with Crippen molar-refractivity contribution < 1.29 is 107 Å². The Hall–Kier alpha value is -11.0. The number of aliphatic hydroxyl groups excluding tert-OH is 1. The highest BCUT2D eigenvalue weighted by atomic mass is 32.2. The highest BCUT2D eigenvalue weighted by Gasteiger charge is 2.43. The van der Waals surface area contributed by atoms with Crippen molar-refractivity contribution in [3.8, 4) is 0 Å². The van der Waals surface area contributed by atoms with Crippen LogP contribution >= 0.6 is 35.3 Å². The number of aromatic amines is 2. The lowest BCUT2D eigenvalue weighted by Gasteiger charge is -2.33. The number of thioether (sulfide) groups is 3. The van der Waals surface area contributed by atoms with Gasteiger partial charge in [0.25, 0.3) is 0 Å². The van der Waals surface area contributed by atoms with Gasteiger partial charge in [-0.1, -0.05) is 89.2 Å². The monoisotopic (exact) mass is 1850 g/mol. The van der Waals surface area contributed by atoms with Crippen LogP contribution in [0.4, 0.5) is 0 Å². The predicted octanol–water partition coefficient (Wildman–Crippen LogP) is -0.464. The van der Waals surface area contributed by atoms with E-state index in [1.54, 1.807) is 115 Å². The number of carbonyl (C=O) groups excluding carboxylic acids is 13. The van der Waals surface area contributed by atoms with Crippen molar-refractivity contribution in [2.24, 2.45) is 29.4 Å². The molecule has 0 unspecified atom stereocenters. The molecule has 2 saturated heterocycles. The zero-order valence-corrected chi connectivity index (χ0v) is 75.6. The van der Waals surface area contributed by atoms with E-state index in [9.17, 15) is 87.9 Å². The van der Waals surface area contributed by atoms with Gasteiger partial charge in [-0.05, 0) is 78.0 Å². The molecule has 18 N–H and O–H groups in total.